The number of aliphatic hydroxyl groups is 1. The molecule has 0 aliphatic rings. The van der Waals surface area contributed by atoms with Crippen LogP contribution in [0.3, 0.4) is 0 Å². The van der Waals surface area contributed by atoms with E-state index >= 15 is 0 Å². The fraction of sp³-hybridized carbons (Fsp3) is 0.200. The molecule has 0 atom stereocenters. The second-order valence-corrected chi connectivity index (χ2v) is 6.29. The number of rotatable bonds is 2. The molecule has 2 N–H and O–H groups in total. The van der Waals surface area contributed by atoms with E-state index in [0.717, 1.165) is 27.5 Å². The zero-order valence-electron chi connectivity index (χ0n) is 13.1. The molecule has 2 heteroatoms. The van der Waals surface area contributed by atoms with Gasteiger partial charge in [-0.25, -0.2) is 0 Å². The third-order valence-corrected chi connectivity index (χ3v) is 4.02. The number of phenolic OH excluding ortho intramolecular Hbond substituents is 1. The van der Waals surface area contributed by atoms with E-state index in [-0.39, 0.29) is 5.75 Å². The van der Waals surface area contributed by atoms with E-state index in [1.807, 2.05) is 24.3 Å². The molecule has 22 heavy (non-hydrogen) atoms. The molecule has 0 amide bonds. The van der Waals surface area contributed by atoms with Gasteiger partial charge in [-0.05, 0) is 48.9 Å². The maximum Gasteiger partial charge on any atom is 0.123 e. The smallest absolute Gasteiger partial charge is 0.123 e. The summed E-state index contributed by atoms with van der Waals surface area (Å²) in [7, 11) is 0. The van der Waals surface area contributed by atoms with Crippen LogP contribution in [0.2, 0.25) is 0 Å². The maximum absolute atomic E-state index is 10.6. The Morgan fingerprint density at radius 2 is 1.45 bits per heavy atom. The largest absolute Gasteiger partial charge is 0.507 e. The lowest BCUT2D eigenvalue weighted by Crippen LogP contribution is -2.17. The minimum atomic E-state index is -1.04. The summed E-state index contributed by atoms with van der Waals surface area (Å²) in [6.07, 6.45) is 0. The molecule has 112 valence electrons. The van der Waals surface area contributed by atoms with Crippen LogP contribution in [-0.4, -0.2) is 10.2 Å². The molecule has 0 radical (unpaired) electrons. The molecule has 0 aliphatic carbocycles. The molecule has 0 aliphatic heterocycles. The van der Waals surface area contributed by atoms with Gasteiger partial charge in [0.2, 0.25) is 0 Å². The van der Waals surface area contributed by atoms with Crippen molar-refractivity contribution in [1.82, 2.24) is 0 Å². The first-order valence-electron chi connectivity index (χ1n) is 7.42. The van der Waals surface area contributed by atoms with Crippen molar-refractivity contribution in [3.05, 3.63) is 65.7 Å². The molecule has 2 nitrogen and oxygen atoms in total. The molecule has 0 aromatic heterocycles. The van der Waals surface area contributed by atoms with Crippen LogP contribution >= 0.6 is 0 Å². The summed E-state index contributed by atoms with van der Waals surface area (Å²) < 4.78 is 0. The average molecular weight is 292 g/mol. The number of benzene rings is 3. The van der Waals surface area contributed by atoms with Crippen molar-refractivity contribution >= 4 is 10.8 Å². The number of phenols is 1. The highest BCUT2D eigenvalue weighted by Crippen LogP contribution is 2.41. The Kier molecular flexibility index (Phi) is 3.42. The van der Waals surface area contributed by atoms with E-state index in [1.165, 1.54) is 5.56 Å². The second kappa shape index (κ2) is 5.15. The van der Waals surface area contributed by atoms with E-state index in [0.29, 0.717) is 0 Å². The van der Waals surface area contributed by atoms with Gasteiger partial charge in [-0.1, -0.05) is 54.1 Å². The van der Waals surface area contributed by atoms with Crippen molar-refractivity contribution in [1.29, 1.82) is 0 Å². The fourth-order valence-electron chi connectivity index (χ4n) is 2.87. The molecule has 0 saturated heterocycles. The van der Waals surface area contributed by atoms with E-state index < -0.39 is 5.60 Å². The monoisotopic (exact) mass is 292 g/mol. The molecule has 0 heterocycles. The van der Waals surface area contributed by atoms with E-state index in [2.05, 4.69) is 31.2 Å². The molecule has 0 saturated carbocycles. The topological polar surface area (TPSA) is 40.5 Å². The van der Waals surface area contributed by atoms with Gasteiger partial charge in [0, 0.05) is 5.39 Å². The quantitative estimate of drug-likeness (QED) is 0.715. The molecular formula is C20H20O2. The predicted molar refractivity (Wildman–Crippen MR) is 91.0 cm³/mol. The van der Waals surface area contributed by atoms with E-state index in [1.54, 1.807) is 19.9 Å². The normalized spacial score (nSPS) is 11.8. The van der Waals surface area contributed by atoms with Crippen molar-refractivity contribution in [2.24, 2.45) is 0 Å². The van der Waals surface area contributed by atoms with Crippen LogP contribution in [-0.2, 0) is 5.60 Å². The number of fused-ring (bicyclic) bond motifs is 1. The first-order chi connectivity index (χ1) is 10.4. The van der Waals surface area contributed by atoms with Crippen LogP contribution in [0.5, 0.6) is 5.75 Å². The zero-order chi connectivity index (χ0) is 15.9. The minimum absolute atomic E-state index is 0.198. The Hall–Kier alpha value is -2.32. The van der Waals surface area contributed by atoms with Crippen molar-refractivity contribution in [3.8, 4) is 16.9 Å². The van der Waals surface area contributed by atoms with E-state index in [4.69, 9.17) is 0 Å². The van der Waals surface area contributed by atoms with Crippen molar-refractivity contribution < 1.29 is 10.2 Å². The van der Waals surface area contributed by atoms with Gasteiger partial charge in [0.1, 0.15) is 5.75 Å². The fourth-order valence-corrected chi connectivity index (χ4v) is 2.87. The van der Waals surface area contributed by atoms with Gasteiger partial charge in [0.25, 0.3) is 0 Å². The number of aryl methyl sites for hydroxylation is 1. The molecule has 0 unspecified atom stereocenters. The Morgan fingerprint density at radius 1 is 0.864 bits per heavy atom. The first-order valence-corrected chi connectivity index (χ1v) is 7.42. The van der Waals surface area contributed by atoms with Crippen LogP contribution < -0.4 is 0 Å². The zero-order valence-corrected chi connectivity index (χ0v) is 13.1. The lowest BCUT2D eigenvalue weighted by molar-refractivity contribution is 0.0791. The first kappa shape index (κ1) is 14.6. The highest BCUT2D eigenvalue weighted by Gasteiger charge is 2.24. The van der Waals surface area contributed by atoms with Crippen LogP contribution in [0.4, 0.5) is 0 Å². The summed E-state index contributed by atoms with van der Waals surface area (Å²) >= 11 is 0. The number of hydrogen-bond acceptors (Lipinski definition) is 2. The molecule has 3 rings (SSSR count). The third kappa shape index (κ3) is 2.46. The van der Waals surface area contributed by atoms with Crippen molar-refractivity contribution in [3.63, 3.8) is 0 Å². The SMILES string of the molecule is Cc1ccc(-c2c(C(C)(C)O)cc(O)c3ccccc23)cc1. The molecule has 3 aromatic carbocycles. The van der Waals surface area contributed by atoms with Crippen LogP contribution in [0.1, 0.15) is 25.0 Å². The van der Waals surface area contributed by atoms with E-state index in [9.17, 15) is 10.2 Å². The van der Waals surface area contributed by atoms with Gasteiger partial charge >= 0.3 is 0 Å². The summed E-state index contributed by atoms with van der Waals surface area (Å²) in [5, 5.41) is 22.6. The molecule has 0 bridgehead atoms. The van der Waals surface area contributed by atoms with Crippen molar-refractivity contribution in [2.75, 3.05) is 0 Å². The lowest BCUT2D eigenvalue weighted by atomic mass is 9.85. The van der Waals surface area contributed by atoms with Crippen molar-refractivity contribution in [2.45, 2.75) is 26.4 Å². The number of aromatic hydroxyl groups is 1. The second-order valence-electron chi connectivity index (χ2n) is 6.29. The number of hydrogen-bond donors (Lipinski definition) is 2. The minimum Gasteiger partial charge on any atom is -0.507 e. The van der Waals surface area contributed by atoms with Gasteiger partial charge in [-0.2, -0.15) is 0 Å². The Morgan fingerprint density at radius 3 is 2.05 bits per heavy atom. The summed E-state index contributed by atoms with van der Waals surface area (Å²) in [6.45, 7) is 5.54. The average Bonchev–Trinajstić information content (AvgIpc) is 2.47. The van der Waals surface area contributed by atoms with Gasteiger partial charge in [0.05, 0.1) is 5.60 Å². The third-order valence-electron chi connectivity index (χ3n) is 4.02. The Balaban J connectivity index is 2.44. The predicted octanol–water partition coefficient (Wildman–Crippen LogP) is 4.75. The van der Waals surface area contributed by atoms with Gasteiger partial charge in [-0.15, -0.1) is 0 Å². The van der Waals surface area contributed by atoms with Crippen LogP contribution in [0.25, 0.3) is 21.9 Å². The summed E-state index contributed by atoms with van der Waals surface area (Å²) in [5.74, 6) is 0.198. The highest BCUT2D eigenvalue weighted by molar-refractivity contribution is 6.01. The maximum atomic E-state index is 10.6. The molecular weight excluding hydrogens is 272 g/mol. The molecule has 3 aromatic rings. The molecule has 0 fully saturated rings. The Bertz CT molecular complexity index is 825. The van der Waals surface area contributed by atoms with Crippen LogP contribution in [0, 0.1) is 6.92 Å². The molecule has 0 spiro atoms. The highest BCUT2D eigenvalue weighted by atomic mass is 16.3. The van der Waals surface area contributed by atoms with Gasteiger partial charge in [-0.3, -0.25) is 0 Å². The Labute approximate surface area is 130 Å². The van der Waals surface area contributed by atoms with Crippen LogP contribution in [0.15, 0.2) is 54.6 Å². The van der Waals surface area contributed by atoms with Gasteiger partial charge in [0.15, 0.2) is 0 Å². The summed E-state index contributed by atoms with van der Waals surface area (Å²) in [4.78, 5) is 0. The summed E-state index contributed by atoms with van der Waals surface area (Å²) in [5.41, 5.74) is 2.89. The summed E-state index contributed by atoms with van der Waals surface area (Å²) in [6, 6.07) is 17.7. The standard InChI is InChI=1S/C20H20O2/c1-13-8-10-14(11-9-13)19-16-7-5-4-6-15(16)18(21)12-17(19)20(2,3)22/h4-12,21-22H,1-3H3. The lowest BCUT2D eigenvalue weighted by Gasteiger charge is -2.24. The van der Waals surface area contributed by atoms with Gasteiger partial charge < -0.3 is 10.2 Å².